The Morgan fingerprint density at radius 3 is 1.61 bits per heavy atom. The average Bonchev–Trinajstić information content (AvgIpc) is 2.74. The minimum Gasteiger partial charge on any atom is -0.462 e. The molecular weight excluding hydrogens is 394 g/mol. The van der Waals surface area contributed by atoms with E-state index in [0.717, 1.165) is 11.4 Å². The lowest BCUT2D eigenvalue weighted by atomic mass is 10.1. The lowest BCUT2D eigenvalue weighted by Crippen LogP contribution is -2.21. The summed E-state index contributed by atoms with van der Waals surface area (Å²) >= 11 is 0. The first kappa shape index (κ1) is 22.0. The number of esters is 2. The van der Waals surface area contributed by atoms with E-state index in [-0.39, 0.29) is 13.2 Å². The third-order valence-corrected chi connectivity index (χ3v) is 4.45. The monoisotopic (exact) mass is 419 g/mol. The molecule has 0 N–H and O–H groups in total. The van der Waals surface area contributed by atoms with Crippen LogP contribution in [0.3, 0.4) is 0 Å². The van der Waals surface area contributed by atoms with Gasteiger partial charge in [0, 0.05) is 11.4 Å². The van der Waals surface area contributed by atoms with E-state index < -0.39 is 11.9 Å². The van der Waals surface area contributed by atoms with E-state index in [1.54, 1.807) is 67.3 Å². The van der Waals surface area contributed by atoms with E-state index in [1.807, 2.05) is 19.9 Å². The van der Waals surface area contributed by atoms with Gasteiger partial charge < -0.3 is 9.47 Å². The fourth-order valence-electron chi connectivity index (χ4n) is 3.25. The number of rotatable bonds is 7. The quantitative estimate of drug-likeness (QED) is 0.503. The molecule has 1 heterocycles. The van der Waals surface area contributed by atoms with Crippen molar-refractivity contribution in [3.05, 3.63) is 77.1 Å². The van der Waals surface area contributed by atoms with Crippen molar-refractivity contribution >= 4 is 29.3 Å². The molecule has 0 amide bonds. The molecule has 0 saturated heterocycles. The summed E-state index contributed by atoms with van der Waals surface area (Å²) in [7, 11) is 0. The Kier molecular flexibility index (Phi) is 6.97. The number of hydrogen-bond acceptors (Lipinski definition) is 7. The highest BCUT2D eigenvalue weighted by Gasteiger charge is 2.26. The van der Waals surface area contributed by atoms with E-state index in [2.05, 4.69) is 9.97 Å². The van der Waals surface area contributed by atoms with Crippen molar-refractivity contribution in [3.8, 4) is 0 Å². The maximum atomic E-state index is 12.7. The van der Waals surface area contributed by atoms with Crippen LogP contribution in [0.2, 0.25) is 0 Å². The second-order valence-electron chi connectivity index (χ2n) is 6.76. The Morgan fingerprint density at radius 2 is 1.19 bits per heavy atom. The van der Waals surface area contributed by atoms with Crippen molar-refractivity contribution < 1.29 is 19.1 Å². The predicted octanol–water partition coefficient (Wildman–Crippen LogP) is 4.92. The molecule has 7 nitrogen and oxygen atoms in total. The van der Waals surface area contributed by atoms with Crippen molar-refractivity contribution in [1.82, 2.24) is 9.97 Å². The lowest BCUT2D eigenvalue weighted by Gasteiger charge is -2.27. The van der Waals surface area contributed by atoms with Crippen LogP contribution in [-0.2, 0) is 9.47 Å². The molecule has 31 heavy (non-hydrogen) atoms. The van der Waals surface area contributed by atoms with Gasteiger partial charge >= 0.3 is 11.9 Å². The number of hydrogen-bond donors (Lipinski definition) is 0. The average molecular weight is 419 g/mol. The third-order valence-electron chi connectivity index (χ3n) is 4.45. The number of carbonyl (C=O) groups excluding carboxylic acids is 2. The third kappa shape index (κ3) is 4.88. The summed E-state index contributed by atoms with van der Waals surface area (Å²) in [5, 5.41) is 0. The number of nitrogens with zero attached hydrogens (tertiary/aromatic N) is 3. The van der Waals surface area contributed by atoms with Gasteiger partial charge in [-0.3, -0.25) is 4.90 Å². The Bertz CT molecular complexity index is 1020. The minimum absolute atomic E-state index is 0.243. The molecule has 0 saturated carbocycles. The van der Waals surface area contributed by atoms with Crippen LogP contribution in [0.15, 0.2) is 54.6 Å². The summed E-state index contributed by atoms with van der Waals surface area (Å²) < 4.78 is 10.5. The van der Waals surface area contributed by atoms with Gasteiger partial charge in [-0.05, 0) is 58.0 Å². The number of para-hydroxylation sites is 2. The van der Waals surface area contributed by atoms with E-state index in [1.165, 1.54) is 0 Å². The number of benzene rings is 2. The molecule has 3 rings (SSSR count). The molecule has 0 radical (unpaired) electrons. The molecule has 1 aromatic heterocycles. The van der Waals surface area contributed by atoms with Gasteiger partial charge in [0.25, 0.3) is 0 Å². The van der Waals surface area contributed by atoms with E-state index in [0.29, 0.717) is 28.5 Å². The molecule has 160 valence electrons. The molecule has 0 fully saturated rings. The first-order valence-corrected chi connectivity index (χ1v) is 10.1. The summed E-state index contributed by atoms with van der Waals surface area (Å²) in [4.78, 5) is 36.3. The number of anilines is 3. The molecule has 0 aliphatic rings. The van der Waals surface area contributed by atoms with Gasteiger partial charge in [0.05, 0.1) is 35.7 Å². The number of carbonyl (C=O) groups is 2. The zero-order valence-corrected chi connectivity index (χ0v) is 18.1. The van der Waals surface area contributed by atoms with Gasteiger partial charge in [-0.2, -0.15) is 0 Å². The minimum atomic E-state index is -0.471. The molecule has 0 unspecified atom stereocenters. The van der Waals surface area contributed by atoms with E-state index >= 15 is 0 Å². The number of aryl methyl sites for hydroxylation is 2. The van der Waals surface area contributed by atoms with Crippen molar-refractivity contribution in [2.75, 3.05) is 18.1 Å². The largest absolute Gasteiger partial charge is 0.462 e. The van der Waals surface area contributed by atoms with Gasteiger partial charge in [0.1, 0.15) is 0 Å². The molecule has 0 bridgehead atoms. The van der Waals surface area contributed by atoms with Gasteiger partial charge in [-0.25, -0.2) is 19.6 Å². The molecule has 0 spiro atoms. The van der Waals surface area contributed by atoms with Gasteiger partial charge in [-0.1, -0.05) is 24.3 Å². The zero-order valence-electron chi connectivity index (χ0n) is 18.1. The molecule has 7 heteroatoms. The van der Waals surface area contributed by atoms with Crippen LogP contribution < -0.4 is 4.90 Å². The van der Waals surface area contributed by atoms with Crippen molar-refractivity contribution in [3.63, 3.8) is 0 Å². The first-order valence-electron chi connectivity index (χ1n) is 10.1. The fourth-order valence-corrected chi connectivity index (χ4v) is 3.25. The van der Waals surface area contributed by atoms with E-state index in [9.17, 15) is 9.59 Å². The molecule has 0 aliphatic carbocycles. The normalized spacial score (nSPS) is 10.5. The van der Waals surface area contributed by atoms with Crippen LogP contribution in [0.25, 0.3) is 0 Å². The molecule has 3 aromatic rings. The summed E-state index contributed by atoms with van der Waals surface area (Å²) in [5.41, 5.74) is 3.20. The smallest absolute Gasteiger partial charge is 0.340 e. The number of aromatic nitrogens is 2. The van der Waals surface area contributed by atoms with Gasteiger partial charge in [0.2, 0.25) is 5.95 Å². The zero-order chi connectivity index (χ0) is 22.4. The highest BCUT2D eigenvalue weighted by Crippen LogP contribution is 2.37. The van der Waals surface area contributed by atoms with Crippen molar-refractivity contribution in [2.24, 2.45) is 0 Å². The Labute approximate surface area is 181 Å². The van der Waals surface area contributed by atoms with Crippen LogP contribution in [0.5, 0.6) is 0 Å². The highest BCUT2D eigenvalue weighted by atomic mass is 16.5. The number of ether oxygens (including phenoxy) is 2. The second kappa shape index (κ2) is 9.84. The second-order valence-corrected chi connectivity index (χ2v) is 6.76. The molecule has 0 atom stereocenters. The van der Waals surface area contributed by atoms with Crippen LogP contribution in [-0.4, -0.2) is 35.1 Å². The van der Waals surface area contributed by atoms with E-state index in [4.69, 9.17) is 9.47 Å². The van der Waals surface area contributed by atoms with Crippen molar-refractivity contribution in [1.29, 1.82) is 0 Å². The Hall–Kier alpha value is -3.74. The Balaban J connectivity index is 2.30. The molecule has 2 aromatic carbocycles. The maximum absolute atomic E-state index is 12.7. The molecular formula is C24H25N3O4. The maximum Gasteiger partial charge on any atom is 0.340 e. The van der Waals surface area contributed by atoms with Gasteiger partial charge in [0.15, 0.2) is 0 Å². The van der Waals surface area contributed by atoms with Gasteiger partial charge in [-0.15, -0.1) is 0 Å². The van der Waals surface area contributed by atoms with Crippen LogP contribution in [0, 0.1) is 13.8 Å². The first-order chi connectivity index (χ1) is 15.0. The topological polar surface area (TPSA) is 81.6 Å². The summed E-state index contributed by atoms with van der Waals surface area (Å²) in [6.07, 6.45) is 0. The highest BCUT2D eigenvalue weighted by molar-refractivity contribution is 6.02. The van der Waals surface area contributed by atoms with Crippen LogP contribution in [0.4, 0.5) is 17.3 Å². The van der Waals surface area contributed by atoms with Crippen LogP contribution >= 0.6 is 0 Å². The summed E-state index contributed by atoms with van der Waals surface area (Å²) in [5.74, 6) is -0.604. The Morgan fingerprint density at radius 1 is 0.774 bits per heavy atom. The predicted molar refractivity (Wildman–Crippen MR) is 118 cm³/mol. The SMILES string of the molecule is CCOC(=O)c1ccccc1N(c1nc(C)cc(C)n1)c1ccccc1C(=O)OCC. The standard InChI is InChI=1S/C24H25N3O4/c1-5-30-22(28)18-11-7-9-13-20(18)27(24-25-16(3)15-17(4)26-24)21-14-10-8-12-19(21)23(29)31-6-2/h7-15H,5-6H2,1-4H3. The molecule has 0 aliphatic heterocycles. The van der Waals surface area contributed by atoms with Crippen LogP contribution in [0.1, 0.15) is 46.0 Å². The summed E-state index contributed by atoms with van der Waals surface area (Å²) in [6.45, 7) is 7.72. The summed E-state index contributed by atoms with van der Waals surface area (Å²) in [6, 6.07) is 15.9. The fraction of sp³-hybridized carbons (Fsp3) is 0.250. The van der Waals surface area contributed by atoms with Crippen molar-refractivity contribution in [2.45, 2.75) is 27.7 Å². The lowest BCUT2D eigenvalue weighted by molar-refractivity contribution is 0.0519.